The number of rotatable bonds is 4. The third kappa shape index (κ3) is 3.06. The van der Waals surface area contributed by atoms with Gasteiger partial charge in [-0.1, -0.05) is 28.4 Å². The van der Waals surface area contributed by atoms with Crippen molar-refractivity contribution < 1.29 is 0 Å². The SMILES string of the molecule is Brc1ccc2c(c1)CCC2N(CC1CCCCN1)C1CC1. The molecule has 114 valence electrons. The summed E-state index contributed by atoms with van der Waals surface area (Å²) in [5.74, 6) is 0. The fraction of sp³-hybridized carbons (Fsp3) is 0.667. The minimum absolute atomic E-state index is 0.671. The Kier molecular flexibility index (Phi) is 4.08. The first kappa shape index (κ1) is 14.2. The minimum Gasteiger partial charge on any atom is -0.313 e. The summed E-state index contributed by atoms with van der Waals surface area (Å²) < 4.78 is 1.23. The highest BCUT2D eigenvalue weighted by Gasteiger charge is 2.38. The summed E-state index contributed by atoms with van der Waals surface area (Å²) in [4.78, 5) is 2.84. The van der Waals surface area contributed by atoms with Crippen molar-refractivity contribution in [2.45, 2.75) is 63.1 Å². The van der Waals surface area contributed by atoms with Crippen molar-refractivity contribution in [3.63, 3.8) is 0 Å². The molecular weight excluding hydrogens is 324 g/mol. The summed E-state index contributed by atoms with van der Waals surface area (Å²) in [6.45, 7) is 2.47. The van der Waals surface area contributed by atoms with E-state index in [-0.39, 0.29) is 0 Å². The number of hydrogen-bond donors (Lipinski definition) is 1. The number of fused-ring (bicyclic) bond motifs is 1. The van der Waals surface area contributed by atoms with Gasteiger partial charge in [-0.25, -0.2) is 0 Å². The van der Waals surface area contributed by atoms with Gasteiger partial charge in [-0.3, -0.25) is 4.90 Å². The molecule has 1 N–H and O–H groups in total. The zero-order chi connectivity index (χ0) is 14.2. The molecule has 2 unspecified atom stereocenters. The van der Waals surface area contributed by atoms with Gasteiger partial charge in [-0.2, -0.15) is 0 Å². The van der Waals surface area contributed by atoms with Gasteiger partial charge in [0, 0.05) is 29.1 Å². The molecule has 2 fully saturated rings. The normalized spacial score (nSPS) is 28.9. The van der Waals surface area contributed by atoms with E-state index in [0.29, 0.717) is 6.04 Å². The van der Waals surface area contributed by atoms with Crippen molar-refractivity contribution in [1.29, 1.82) is 0 Å². The lowest BCUT2D eigenvalue weighted by molar-refractivity contribution is 0.156. The second-order valence-electron chi connectivity index (χ2n) is 6.97. The first-order chi connectivity index (χ1) is 10.3. The smallest absolute Gasteiger partial charge is 0.0357 e. The van der Waals surface area contributed by atoms with Crippen molar-refractivity contribution in [2.24, 2.45) is 0 Å². The quantitative estimate of drug-likeness (QED) is 0.883. The van der Waals surface area contributed by atoms with Crippen molar-refractivity contribution in [3.8, 4) is 0 Å². The first-order valence-corrected chi connectivity index (χ1v) is 9.38. The maximum absolute atomic E-state index is 3.74. The third-order valence-electron chi connectivity index (χ3n) is 5.41. The molecule has 0 aromatic heterocycles. The minimum atomic E-state index is 0.671. The van der Waals surface area contributed by atoms with Crippen LogP contribution in [0.4, 0.5) is 0 Å². The van der Waals surface area contributed by atoms with Crippen LogP contribution < -0.4 is 5.32 Å². The van der Waals surface area contributed by atoms with Crippen LogP contribution in [0, 0.1) is 0 Å². The van der Waals surface area contributed by atoms with E-state index in [4.69, 9.17) is 0 Å². The number of piperidine rings is 1. The van der Waals surface area contributed by atoms with Gasteiger partial charge in [0.05, 0.1) is 0 Å². The van der Waals surface area contributed by atoms with Gasteiger partial charge >= 0.3 is 0 Å². The van der Waals surface area contributed by atoms with Gasteiger partial charge in [-0.05, 0) is 68.3 Å². The van der Waals surface area contributed by atoms with Crippen LogP contribution in [0.1, 0.15) is 55.7 Å². The second-order valence-corrected chi connectivity index (χ2v) is 7.89. The maximum Gasteiger partial charge on any atom is 0.0357 e. The molecular formula is C18H25BrN2. The molecule has 1 heterocycles. The van der Waals surface area contributed by atoms with Crippen LogP contribution in [-0.2, 0) is 6.42 Å². The predicted molar refractivity (Wildman–Crippen MR) is 90.6 cm³/mol. The number of halogens is 1. The Morgan fingerprint density at radius 3 is 2.81 bits per heavy atom. The van der Waals surface area contributed by atoms with Crippen LogP contribution >= 0.6 is 15.9 Å². The lowest BCUT2D eigenvalue weighted by Gasteiger charge is -2.35. The number of nitrogens with one attached hydrogen (secondary N) is 1. The van der Waals surface area contributed by atoms with Crippen LogP contribution in [0.2, 0.25) is 0 Å². The maximum atomic E-state index is 3.74. The summed E-state index contributed by atoms with van der Waals surface area (Å²) in [6, 6.07) is 9.16. The summed E-state index contributed by atoms with van der Waals surface area (Å²) in [5, 5.41) is 3.74. The van der Waals surface area contributed by atoms with E-state index in [2.05, 4.69) is 44.3 Å². The Hall–Kier alpha value is -0.380. The van der Waals surface area contributed by atoms with E-state index in [0.717, 1.165) is 12.1 Å². The topological polar surface area (TPSA) is 15.3 Å². The number of benzene rings is 1. The van der Waals surface area contributed by atoms with Gasteiger partial charge in [0.25, 0.3) is 0 Å². The average molecular weight is 349 g/mol. The molecule has 1 saturated heterocycles. The Bertz CT molecular complexity index is 506. The van der Waals surface area contributed by atoms with E-state index >= 15 is 0 Å². The molecule has 1 aliphatic heterocycles. The fourth-order valence-corrected chi connectivity index (χ4v) is 4.59. The van der Waals surface area contributed by atoms with Crippen LogP contribution in [0.5, 0.6) is 0 Å². The van der Waals surface area contributed by atoms with Crippen LogP contribution in [-0.4, -0.2) is 30.1 Å². The number of hydrogen-bond acceptors (Lipinski definition) is 2. The van der Waals surface area contributed by atoms with E-state index in [9.17, 15) is 0 Å². The molecule has 2 atom stereocenters. The van der Waals surface area contributed by atoms with E-state index < -0.39 is 0 Å². The average Bonchev–Trinajstić information content (AvgIpc) is 3.26. The van der Waals surface area contributed by atoms with Crippen molar-refractivity contribution in [2.75, 3.05) is 13.1 Å². The van der Waals surface area contributed by atoms with Gasteiger partial charge < -0.3 is 5.32 Å². The summed E-state index contributed by atoms with van der Waals surface area (Å²) >= 11 is 3.62. The van der Waals surface area contributed by atoms with Crippen molar-refractivity contribution in [1.82, 2.24) is 10.2 Å². The molecule has 2 nitrogen and oxygen atoms in total. The summed E-state index contributed by atoms with van der Waals surface area (Å²) in [6.07, 6.45) is 9.52. The lowest BCUT2D eigenvalue weighted by Crippen LogP contribution is -2.45. The molecule has 0 radical (unpaired) electrons. The molecule has 3 heteroatoms. The summed E-state index contributed by atoms with van der Waals surface area (Å²) in [7, 11) is 0. The zero-order valence-corrected chi connectivity index (χ0v) is 14.2. The molecule has 0 bridgehead atoms. The fourth-order valence-electron chi connectivity index (χ4n) is 4.18. The molecule has 0 spiro atoms. The number of nitrogens with zero attached hydrogens (tertiary/aromatic N) is 1. The lowest BCUT2D eigenvalue weighted by atomic mass is 10.0. The first-order valence-electron chi connectivity index (χ1n) is 8.59. The highest BCUT2D eigenvalue weighted by atomic mass is 79.9. The van der Waals surface area contributed by atoms with Gasteiger partial charge in [0.1, 0.15) is 0 Å². The Labute approximate surface area is 136 Å². The monoisotopic (exact) mass is 348 g/mol. The molecule has 1 saturated carbocycles. The molecule has 4 rings (SSSR count). The van der Waals surface area contributed by atoms with E-state index in [1.54, 1.807) is 11.1 Å². The Balaban J connectivity index is 1.52. The predicted octanol–water partition coefficient (Wildman–Crippen LogP) is 4.04. The van der Waals surface area contributed by atoms with Gasteiger partial charge in [0.2, 0.25) is 0 Å². The molecule has 0 amide bonds. The van der Waals surface area contributed by atoms with Crippen molar-refractivity contribution >= 4 is 15.9 Å². The van der Waals surface area contributed by atoms with Crippen LogP contribution in [0.3, 0.4) is 0 Å². The van der Waals surface area contributed by atoms with Gasteiger partial charge in [-0.15, -0.1) is 0 Å². The number of aryl methyl sites for hydroxylation is 1. The molecule has 21 heavy (non-hydrogen) atoms. The van der Waals surface area contributed by atoms with E-state index in [1.165, 1.54) is 62.5 Å². The Morgan fingerprint density at radius 2 is 2.05 bits per heavy atom. The third-order valence-corrected chi connectivity index (χ3v) is 5.90. The standard InChI is InChI=1S/C18H25BrN2/c19-14-5-8-17-13(11-14)4-9-18(17)21(16-6-7-16)12-15-3-1-2-10-20-15/h5,8,11,15-16,18,20H,1-4,6-7,9-10,12H2. The van der Waals surface area contributed by atoms with Crippen LogP contribution in [0.25, 0.3) is 0 Å². The summed E-state index contributed by atoms with van der Waals surface area (Å²) in [5.41, 5.74) is 3.16. The molecule has 2 aliphatic carbocycles. The Morgan fingerprint density at radius 1 is 1.14 bits per heavy atom. The highest BCUT2D eigenvalue weighted by Crippen LogP contribution is 2.42. The largest absolute Gasteiger partial charge is 0.313 e. The van der Waals surface area contributed by atoms with Gasteiger partial charge in [0.15, 0.2) is 0 Å². The van der Waals surface area contributed by atoms with E-state index in [1.807, 2.05) is 0 Å². The second kappa shape index (κ2) is 6.02. The molecule has 1 aromatic rings. The molecule has 3 aliphatic rings. The van der Waals surface area contributed by atoms with Crippen molar-refractivity contribution in [3.05, 3.63) is 33.8 Å². The zero-order valence-electron chi connectivity index (χ0n) is 12.7. The highest BCUT2D eigenvalue weighted by molar-refractivity contribution is 9.10. The van der Waals surface area contributed by atoms with Crippen LogP contribution in [0.15, 0.2) is 22.7 Å². The molecule has 1 aromatic carbocycles.